The minimum Gasteiger partial charge on any atom is -0.211 e. The SMILES string of the molecule is CCCSCCCN=C=O. The molecule has 0 aromatic carbocycles. The van der Waals surface area contributed by atoms with Gasteiger partial charge in [0.05, 0.1) is 6.54 Å². The molecule has 0 aliphatic rings. The molecule has 0 aromatic rings. The third-order valence-electron chi connectivity index (χ3n) is 0.972. The number of thioether (sulfide) groups is 1. The Kier molecular flexibility index (Phi) is 8.49. The lowest BCUT2D eigenvalue weighted by molar-refractivity contribution is 0.562. The van der Waals surface area contributed by atoms with E-state index in [2.05, 4.69) is 11.9 Å². The van der Waals surface area contributed by atoms with Gasteiger partial charge in [0.2, 0.25) is 6.08 Å². The third kappa shape index (κ3) is 7.73. The first-order valence-electron chi connectivity index (χ1n) is 3.53. The van der Waals surface area contributed by atoms with Crippen molar-refractivity contribution in [1.29, 1.82) is 0 Å². The van der Waals surface area contributed by atoms with Crippen molar-refractivity contribution in [3.63, 3.8) is 0 Å². The fourth-order valence-corrected chi connectivity index (χ4v) is 1.36. The fourth-order valence-electron chi connectivity index (χ4n) is 0.538. The number of hydrogen-bond acceptors (Lipinski definition) is 3. The molecule has 0 saturated carbocycles. The molecular formula is C7H13NOS. The summed E-state index contributed by atoms with van der Waals surface area (Å²) < 4.78 is 0. The van der Waals surface area contributed by atoms with E-state index in [1.165, 1.54) is 18.3 Å². The second-order valence-corrected chi connectivity index (χ2v) is 3.16. The van der Waals surface area contributed by atoms with Gasteiger partial charge in [0.25, 0.3) is 0 Å². The van der Waals surface area contributed by atoms with Crippen LogP contribution in [0.5, 0.6) is 0 Å². The maximum Gasteiger partial charge on any atom is 0.234 e. The van der Waals surface area contributed by atoms with Crippen LogP contribution in [0, 0.1) is 0 Å². The van der Waals surface area contributed by atoms with Crippen LogP contribution in [0.2, 0.25) is 0 Å². The highest BCUT2D eigenvalue weighted by Crippen LogP contribution is 2.03. The fraction of sp³-hybridized carbons (Fsp3) is 0.857. The van der Waals surface area contributed by atoms with Crippen LogP contribution in [0.1, 0.15) is 19.8 Å². The smallest absolute Gasteiger partial charge is 0.211 e. The van der Waals surface area contributed by atoms with Gasteiger partial charge < -0.3 is 0 Å². The molecule has 0 bridgehead atoms. The van der Waals surface area contributed by atoms with Gasteiger partial charge in [-0.15, -0.1) is 0 Å². The standard InChI is InChI=1S/C7H13NOS/c1-2-5-10-6-3-4-8-7-9/h2-6H2,1H3. The molecule has 0 atom stereocenters. The Morgan fingerprint density at radius 3 is 2.90 bits per heavy atom. The maximum atomic E-state index is 9.60. The van der Waals surface area contributed by atoms with Crippen LogP contribution in [0.15, 0.2) is 4.99 Å². The largest absolute Gasteiger partial charge is 0.234 e. The summed E-state index contributed by atoms with van der Waals surface area (Å²) in [5.74, 6) is 2.32. The monoisotopic (exact) mass is 159 g/mol. The molecule has 0 spiro atoms. The summed E-state index contributed by atoms with van der Waals surface area (Å²) >= 11 is 1.91. The molecule has 0 aromatic heterocycles. The minimum absolute atomic E-state index is 0.639. The van der Waals surface area contributed by atoms with Crippen LogP contribution in [-0.2, 0) is 4.79 Å². The number of rotatable bonds is 6. The molecule has 10 heavy (non-hydrogen) atoms. The van der Waals surface area contributed by atoms with Crippen molar-refractivity contribution in [3.8, 4) is 0 Å². The Morgan fingerprint density at radius 2 is 2.30 bits per heavy atom. The van der Waals surface area contributed by atoms with Crippen molar-refractivity contribution in [2.75, 3.05) is 18.1 Å². The Balaban J connectivity index is 2.83. The average molecular weight is 159 g/mol. The maximum absolute atomic E-state index is 9.60. The first-order valence-corrected chi connectivity index (χ1v) is 4.68. The average Bonchev–Trinajstić information content (AvgIpc) is 1.97. The van der Waals surface area contributed by atoms with Gasteiger partial charge in [0.1, 0.15) is 0 Å². The summed E-state index contributed by atoms with van der Waals surface area (Å²) in [6, 6.07) is 0. The van der Waals surface area contributed by atoms with Crippen LogP contribution in [0.4, 0.5) is 0 Å². The van der Waals surface area contributed by atoms with E-state index in [9.17, 15) is 4.79 Å². The Bertz CT molecular complexity index is 110. The van der Waals surface area contributed by atoms with Crippen molar-refractivity contribution in [2.45, 2.75) is 19.8 Å². The van der Waals surface area contributed by atoms with Gasteiger partial charge >= 0.3 is 0 Å². The summed E-state index contributed by atoms with van der Waals surface area (Å²) in [7, 11) is 0. The van der Waals surface area contributed by atoms with E-state index in [-0.39, 0.29) is 0 Å². The quantitative estimate of drug-likeness (QED) is 0.336. The molecule has 0 rings (SSSR count). The van der Waals surface area contributed by atoms with E-state index in [1.54, 1.807) is 0 Å². The Labute approximate surface area is 66.1 Å². The van der Waals surface area contributed by atoms with Crippen molar-refractivity contribution >= 4 is 17.8 Å². The molecule has 0 N–H and O–H groups in total. The molecule has 0 heterocycles. The predicted molar refractivity (Wildman–Crippen MR) is 45.2 cm³/mol. The minimum atomic E-state index is 0.639. The molecular weight excluding hydrogens is 146 g/mol. The number of isocyanates is 1. The van der Waals surface area contributed by atoms with Gasteiger partial charge in [-0.3, -0.25) is 0 Å². The lowest BCUT2D eigenvalue weighted by Crippen LogP contribution is -1.85. The van der Waals surface area contributed by atoms with E-state index in [1.807, 2.05) is 11.8 Å². The van der Waals surface area contributed by atoms with Crippen LogP contribution < -0.4 is 0 Å². The van der Waals surface area contributed by atoms with Crippen LogP contribution in [0.25, 0.3) is 0 Å². The van der Waals surface area contributed by atoms with E-state index >= 15 is 0 Å². The number of hydrogen-bond donors (Lipinski definition) is 0. The zero-order valence-electron chi connectivity index (χ0n) is 6.30. The van der Waals surface area contributed by atoms with E-state index < -0.39 is 0 Å². The second-order valence-electron chi connectivity index (χ2n) is 1.94. The summed E-state index contributed by atoms with van der Waals surface area (Å²) in [6.07, 6.45) is 3.75. The van der Waals surface area contributed by atoms with Crippen LogP contribution in [-0.4, -0.2) is 24.1 Å². The molecule has 0 radical (unpaired) electrons. The third-order valence-corrected chi connectivity index (χ3v) is 2.25. The van der Waals surface area contributed by atoms with Gasteiger partial charge in [-0.2, -0.15) is 11.8 Å². The normalized spacial score (nSPS) is 8.90. The zero-order chi connectivity index (χ0) is 7.66. The van der Waals surface area contributed by atoms with Gasteiger partial charge in [-0.05, 0) is 24.3 Å². The molecule has 0 aliphatic carbocycles. The predicted octanol–water partition coefficient (Wildman–Crippen LogP) is 1.86. The molecule has 0 amide bonds. The molecule has 0 aliphatic heterocycles. The van der Waals surface area contributed by atoms with Crippen LogP contribution >= 0.6 is 11.8 Å². The van der Waals surface area contributed by atoms with E-state index in [0.717, 1.165) is 12.2 Å². The lowest BCUT2D eigenvalue weighted by Gasteiger charge is -1.94. The Hall–Kier alpha value is -0.270. The highest BCUT2D eigenvalue weighted by Gasteiger charge is 1.85. The number of aliphatic imine (C=N–C) groups is 1. The van der Waals surface area contributed by atoms with Gasteiger partial charge in [-0.25, -0.2) is 9.79 Å². The van der Waals surface area contributed by atoms with E-state index in [4.69, 9.17) is 0 Å². The van der Waals surface area contributed by atoms with E-state index in [0.29, 0.717) is 6.54 Å². The molecule has 0 unspecified atom stereocenters. The van der Waals surface area contributed by atoms with Crippen molar-refractivity contribution < 1.29 is 4.79 Å². The second kappa shape index (κ2) is 8.73. The summed E-state index contributed by atoms with van der Waals surface area (Å²) in [4.78, 5) is 13.0. The molecule has 2 nitrogen and oxygen atoms in total. The van der Waals surface area contributed by atoms with Gasteiger partial charge in [0, 0.05) is 0 Å². The topological polar surface area (TPSA) is 29.4 Å². The first kappa shape index (κ1) is 9.73. The first-order chi connectivity index (χ1) is 4.91. The summed E-state index contributed by atoms with van der Waals surface area (Å²) in [6.45, 7) is 2.80. The highest BCUT2D eigenvalue weighted by atomic mass is 32.2. The molecule has 0 fully saturated rings. The summed E-state index contributed by atoms with van der Waals surface area (Å²) in [5.41, 5.74) is 0. The number of carbonyl (C=O) groups excluding carboxylic acids is 1. The highest BCUT2D eigenvalue weighted by molar-refractivity contribution is 7.99. The molecule has 3 heteroatoms. The van der Waals surface area contributed by atoms with Gasteiger partial charge in [0.15, 0.2) is 0 Å². The zero-order valence-corrected chi connectivity index (χ0v) is 7.12. The van der Waals surface area contributed by atoms with Crippen molar-refractivity contribution in [1.82, 2.24) is 0 Å². The number of nitrogens with zero attached hydrogens (tertiary/aromatic N) is 1. The summed E-state index contributed by atoms with van der Waals surface area (Å²) in [5, 5.41) is 0. The Morgan fingerprint density at radius 1 is 1.50 bits per heavy atom. The van der Waals surface area contributed by atoms with Crippen LogP contribution in [0.3, 0.4) is 0 Å². The molecule has 58 valence electrons. The van der Waals surface area contributed by atoms with Crippen molar-refractivity contribution in [2.24, 2.45) is 4.99 Å². The van der Waals surface area contributed by atoms with Gasteiger partial charge in [-0.1, -0.05) is 6.92 Å². The van der Waals surface area contributed by atoms with Crippen molar-refractivity contribution in [3.05, 3.63) is 0 Å². The molecule has 0 saturated heterocycles. The lowest BCUT2D eigenvalue weighted by atomic mass is 10.5.